The molecule has 0 bridgehead atoms. The van der Waals surface area contributed by atoms with Crippen molar-refractivity contribution in [3.63, 3.8) is 0 Å². The molecule has 0 aliphatic carbocycles. The summed E-state index contributed by atoms with van der Waals surface area (Å²) in [7, 11) is 0.171. The lowest BCUT2D eigenvalue weighted by Crippen LogP contribution is -1.95. The smallest absolute Gasteiger partial charge is 0.0551 e. The van der Waals surface area contributed by atoms with Crippen LogP contribution in [0.2, 0.25) is 0 Å². The molecule has 0 amide bonds. The molecule has 0 saturated carbocycles. The molecule has 2 unspecified atom stereocenters. The van der Waals surface area contributed by atoms with E-state index in [0.29, 0.717) is 8.81 Å². The van der Waals surface area contributed by atoms with Crippen molar-refractivity contribution in [3.8, 4) is 0 Å². The third-order valence-corrected chi connectivity index (χ3v) is 7.65. The van der Waals surface area contributed by atoms with Gasteiger partial charge >= 0.3 is 0 Å². The zero-order valence-corrected chi connectivity index (χ0v) is 15.8. The zero-order valence-electron chi connectivity index (χ0n) is 13.9. The van der Waals surface area contributed by atoms with Crippen molar-refractivity contribution >= 4 is 32.7 Å². The molecule has 124 valence electrons. The van der Waals surface area contributed by atoms with Crippen LogP contribution in [-0.4, -0.2) is 6.61 Å². The van der Waals surface area contributed by atoms with Gasteiger partial charge in [0.1, 0.15) is 0 Å². The minimum Gasteiger partial charge on any atom is -0.357 e. The summed E-state index contributed by atoms with van der Waals surface area (Å²) >= 11 is 0. The molecule has 1 aliphatic rings. The Hall–Kier alpha value is -1.78. The molecule has 2 atom stereocenters. The molecule has 4 rings (SSSR count). The van der Waals surface area contributed by atoms with Gasteiger partial charge in [-0.25, -0.2) is 0 Å². The third-order valence-electron chi connectivity index (χ3n) is 4.18. The SMILES string of the molecule is c1ccc(POCCC2=C(c3ccccc3)P2c2ccccc2)cc1. The second kappa shape index (κ2) is 8.07. The van der Waals surface area contributed by atoms with Crippen LogP contribution in [0.4, 0.5) is 0 Å². The molecule has 1 heterocycles. The summed E-state index contributed by atoms with van der Waals surface area (Å²) in [6.07, 6.45) is 1.03. The average Bonchev–Trinajstić information content (AvgIpc) is 3.42. The maximum absolute atomic E-state index is 5.94. The van der Waals surface area contributed by atoms with E-state index in [1.807, 2.05) is 6.07 Å². The summed E-state index contributed by atoms with van der Waals surface area (Å²) in [6, 6.07) is 32.1. The highest BCUT2D eigenvalue weighted by Crippen LogP contribution is 2.74. The van der Waals surface area contributed by atoms with Crippen molar-refractivity contribution in [3.05, 3.63) is 102 Å². The molecule has 0 aromatic heterocycles. The Balaban J connectivity index is 1.42. The number of benzene rings is 3. The summed E-state index contributed by atoms with van der Waals surface area (Å²) in [5.41, 5.74) is 1.37. The third kappa shape index (κ3) is 4.07. The van der Waals surface area contributed by atoms with Crippen LogP contribution >= 0.6 is 16.7 Å². The van der Waals surface area contributed by atoms with Gasteiger partial charge in [-0.15, -0.1) is 0 Å². The van der Waals surface area contributed by atoms with E-state index in [2.05, 4.69) is 84.9 Å². The zero-order chi connectivity index (χ0) is 16.9. The lowest BCUT2D eigenvalue weighted by atomic mass is 10.2. The van der Waals surface area contributed by atoms with Crippen molar-refractivity contribution < 1.29 is 4.52 Å². The second-order valence-corrected chi connectivity index (χ2v) is 9.14. The number of rotatable bonds is 7. The molecule has 0 N–H and O–H groups in total. The first-order chi connectivity index (χ1) is 12.4. The van der Waals surface area contributed by atoms with Crippen molar-refractivity contribution in [1.82, 2.24) is 0 Å². The maximum atomic E-state index is 5.94. The molecule has 0 saturated heterocycles. The van der Waals surface area contributed by atoms with Crippen molar-refractivity contribution in [2.75, 3.05) is 6.61 Å². The maximum Gasteiger partial charge on any atom is 0.0551 e. The minimum absolute atomic E-state index is 0.263. The van der Waals surface area contributed by atoms with Crippen LogP contribution in [0.25, 0.3) is 5.31 Å². The van der Waals surface area contributed by atoms with Gasteiger partial charge in [0.05, 0.1) is 6.61 Å². The van der Waals surface area contributed by atoms with E-state index in [-0.39, 0.29) is 7.92 Å². The Morgan fingerprint density at radius 2 is 1.32 bits per heavy atom. The van der Waals surface area contributed by atoms with Crippen LogP contribution in [-0.2, 0) is 4.52 Å². The summed E-state index contributed by atoms with van der Waals surface area (Å²) < 4.78 is 5.94. The highest BCUT2D eigenvalue weighted by molar-refractivity contribution is 7.87. The molecule has 3 aromatic rings. The van der Waals surface area contributed by atoms with Crippen LogP contribution < -0.4 is 10.6 Å². The van der Waals surface area contributed by atoms with Crippen LogP contribution in [0.1, 0.15) is 12.0 Å². The predicted molar refractivity (Wildman–Crippen MR) is 111 cm³/mol. The lowest BCUT2D eigenvalue weighted by molar-refractivity contribution is 0.375. The first-order valence-electron chi connectivity index (χ1n) is 8.50. The van der Waals surface area contributed by atoms with Gasteiger partial charge in [-0.2, -0.15) is 0 Å². The van der Waals surface area contributed by atoms with E-state index in [4.69, 9.17) is 4.52 Å². The fraction of sp³-hybridized carbons (Fsp3) is 0.0909. The molecule has 25 heavy (non-hydrogen) atoms. The van der Waals surface area contributed by atoms with Gasteiger partial charge in [0.15, 0.2) is 0 Å². The molecule has 1 aliphatic heterocycles. The number of hydrogen-bond acceptors (Lipinski definition) is 1. The van der Waals surface area contributed by atoms with Crippen molar-refractivity contribution in [1.29, 1.82) is 0 Å². The number of hydrogen-bond donors (Lipinski definition) is 0. The van der Waals surface area contributed by atoms with Gasteiger partial charge < -0.3 is 4.52 Å². The Labute approximate surface area is 152 Å². The molecule has 0 fully saturated rings. The fourth-order valence-corrected chi connectivity index (χ4v) is 6.22. The standard InChI is InChI=1S/C22H20OP2/c1-4-10-18(11-5-1)22-21(25(22)20-14-8-3-9-15-20)16-17-23-24-19-12-6-2-7-13-19/h1-15,24H,16-17H2. The van der Waals surface area contributed by atoms with Crippen molar-refractivity contribution in [2.24, 2.45) is 0 Å². The quantitative estimate of drug-likeness (QED) is 0.398. The van der Waals surface area contributed by atoms with E-state index in [1.165, 1.54) is 16.2 Å². The molecular weight excluding hydrogens is 342 g/mol. The summed E-state index contributed by atoms with van der Waals surface area (Å²) in [5.74, 6) is 0. The van der Waals surface area contributed by atoms with Crippen LogP contribution in [0.5, 0.6) is 0 Å². The normalized spacial score (nSPS) is 16.6. The fourth-order valence-electron chi connectivity index (χ4n) is 2.97. The molecule has 0 radical (unpaired) electrons. The van der Waals surface area contributed by atoms with E-state index >= 15 is 0 Å². The van der Waals surface area contributed by atoms with Crippen LogP contribution in [0, 0.1) is 0 Å². The Morgan fingerprint density at radius 3 is 2.00 bits per heavy atom. The highest BCUT2D eigenvalue weighted by Gasteiger charge is 2.37. The highest BCUT2D eigenvalue weighted by atomic mass is 31.1. The topological polar surface area (TPSA) is 9.23 Å². The lowest BCUT2D eigenvalue weighted by Gasteiger charge is -2.04. The van der Waals surface area contributed by atoms with Gasteiger partial charge in [-0.3, -0.25) is 0 Å². The Bertz CT molecular complexity index is 845. The van der Waals surface area contributed by atoms with E-state index in [0.717, 1.165) is 13.0 Å². The molecule has 3 aromatic carbocycles. The van der Waals surface area contributed by atoms with Gasteiger partial charge in [-0.05, 0) is 41.1 Å². The monoisotopic (exact) mass is 362 g/mol. The summed E-state index contributed by atoms with van der Waals surface area (Å²) in [4.78, 5) is 0. The first kappa shape index (κ1) is 16.7. The van der Waals surface area contributed by atoms with E-state index in [9.17, 15) is 0 Å². The minimum atomic E-state index is -0.263. The molecule has 3 heteroatoms. The van der Waals surface area contributed by atoms with Crippen molar-refractivity contribution in [2.45, 2.75) is 6.42 Å². The van der Waals surface area contributed by atoms with Gasteiger partial charge in [0, 0.05) is 8.81 Å². The Kier molecular flexibility index (Phi) is 5.38. The van der Waals surface area contributed by atoms with Gasteiger partial charge in [0.25, 0.3) is 0 Å². The summed E-state index contributed by atoms with van der Waals surface area (Å²) in [5, 5.41) is 5.86. The first-order valence-corrected chi connectivity index (χ1v) is 10.7. The second-order valence-electron chi connectivity index (χ2n) is 5.90. The van der Waals surface area contributed by atoms with Gasteiger partial charge in [0.2, 0.25) is 0 Å². The average molecular weight is 362 g/mol. The van der Waals surface area contributed by atoms with E-state index < -0.39 is 0 Å². The molecular formula is C22H20OP2. The molecule has 1 nitrogen and oxygen atoms in total. The van der Waals surface area contributed by atoms with E-state index in [1.54, 1.807) is 10.6 Å². The molecule has 0 spiro atoms. The largest absolute Gasteiger partial charge is 0.357 e. The summed E-state index contributed by atoms with van der Waals surface area (Å²) in [6.45, 7) is 0.796. The Morgan fingerprint density at radius 1 is 0.720 bits per heavy atom. The van der Waals surface area contributed by atoms with Crippen LogP contribution in [0.15, 0.2) is 96.3 Å². The van der Waals surface area contributed by atoms with Gasteiger partial charge in [-0.1, -0.05) is 91.0 Å². The predicted octanol–water partition coefficient (Wildman–Crippen LogP) is 5.50. The van der Waals surface area contributed by atoms with Crippen LogP contribution in [0.3, 0.4) is 0 Å².